The van der Waals surface area contributed by atoms with Crippen LogP contribution in [0.1, 0.15) is 43.4 Å². The van der Waals surface area contributed by atoms with Gasteiger partial charge in [-0.1, -0.05) is 72.8 Å². The van der Waals surface area contributed by atoms with Gasteiger partial charge in [-0.15, -0.1) is 0 Å². The molecule has 11 nitrogen and oxygen atoms in total. The van der Waals surface area contributed by atoms with Gasteiger partial charge >= 0.3 is 6.09 Å². The van der Waals surface area contributed by atoms with Gasteiger partial charge in [0, 0.05) is 80.5 Å². The third-order valence-electron chi connectivity index (χ3n) is 9.58. The maximum Gasteiger partial charge on any atom is 0.410 e. The predicted octanol–water partition coefficient (Wildman–Crippen LogP) is 7.36. The van der Waals surface area contributed by atoms with Crippen molar-refractivity contribution in [1.82, 2.24) is 19.8 Å². The van der Waals surface area contributed by atoms with Crippen molar-refractivity contribution in [1.29, 1.82) is 0 Å². The second-order valence-electron chi connectivity index (χ2n) is 14.7. The van der Waals surface area contributed by atoms with E-state index in [9.17, 15) is 9.59 Å². The number of benzene rings is 3. The molecule has 0 aliphatic carbocycles. The van der Waals surface area contributed by atoms with Crippen LogP contribution in [-0.4, -0.2) is 83.2 Å². The van der Waals surface area contributed by atoms with Gasteiger partial charge in [0.25, 0.3) is 5.91 Å². The molecule has 3 aromatic carbocycles. The summed E-state index contributed by atoms with van der Waals surface area (Å²) < 4.78 is 23.7. The second-order valence-corrected chi connectivity index (χ2v) is 14.7. The number of anilines is 1. The Balaban J connectivity index is 0.926. The standard InChI is InChI=1S/C44H47N5O6/c1-44(2,3)55-43(51)49-27-35(28-49)38-26-45-21-20-39(38)47-22-24-48(25-23-47)41(50)31-52-36-16-14-34(15-17-36)37-18-19-40(53-29-32-10-6-4-7-11-32)46-42(37)54-30-33-12-8-5-9-13-33/h4-21,26,35H,22-25,27-31H2,1-3H3. The van der Waals surface area contributed by atoms with Gasteiger partial charge in [0.15, 0.2) is 6.61 Å². The normalized spacial score (nSPS) is 14.6. The molecular formula is C44H47N5O6. The molecule has 0 N–H and O–H groups in total. The number of rotatable bonds is 12. The predicted molar refractivity (Wildman–Crippen MR) is 210 cm³/mol. The van der Waals surface area contributed by atoms with Gasteiger partial charge in [0.05, 0.1) is 0 Å². The highest BCUT2D eigenvalue weighted by Gasteiger charge is 2.36. The Morgan fingerprint density at radius 2 is 1.38 bits per heavy atom. The van der Waals surface area contributed by atoms with E-state index in [1.165, 1.54) is 0 Å². The molecule has 55 heavy (non-hydrogen) atoms. The van der Waals surface area contributed by atoms with Crippen molar-refractivity contribution in [3.05, 3.63) is 132 Å². The molecule has 2 amide bonds. The topological polar surface area (TPSA) is 107 Å². The van der Waals surface area contributed by atoms with Crippen LogP contribution in [0.25, 0.3) is 11.1 Å². The zero-order valence-corrected chi connectivity index (χ0v) is 31.6. The van der Waals surface area contributed by atoms with E-state index in [1.54, 1.807) is 11.1 Å². The van der Waals surface area contributed by atoms with Gasteiger partial charge in [-0.3, -0.25) is 9.78 Å². The van der Waals surface area contributed by atoms with Crippen molar-refractivity contribution in [2.45, 2.75) is 45.5 Å². The molecule has 11 heteroatoms. The van der Waals surface area contributed by atoms with Crippen LogP contribution >= 0.6 is 0 Å². The van der Waals surface area contributed by atoms with E-state index in [0.29, 0.717) is 70.0 Å². The highest BCUT2D eigenvalue weighted by molar-refractivity contribution is 5.78. The minimum absolute atomic E-state index is 0.0527. The van der Waals surface area contributed by atoms with E-state index < -0.39 is 5.60 Å². The third-order valence-corrected chi connectivity index (χ3v) is 9.58. The number of carbonyl (C=O) groups is 2. The largest absolute Gasteiger partial charge is 0.484 e. The van der Waals surface area contributed by atoms with E-state index >= 15 is 0 Å². The molecule has 0 saturated carbocycles. The highest BCUT2D eigenvalue weighted by Crippen LogP contribution is 2.35. The van der Waals surface area contributed by atoms with Gasteiger partial charge in [0.2, 0.25) is 11.8 Å². The molecule has 284 valence electrons. The van der Waals surface area contributed by atoms with Gasteiger partial charge in [-0.2, -0.15) is 4.98 Å². The molecule has 2 saturated heterocycles. The zero-order valence-electron chi connectivity index (χ0n) is 31.6. The molecular weight excluding hydrogens is 695 g/mol. The smallest absolute Gasteiger partial charge is 0.410 e. The number of likely N-dealkylation sites (tertiary alicyclic amines) is 1. The summed E-state index contributed by atoms with van der Waals surface area (Å²) in [5.41, 5.74) is 5.49. The molecule has 0 spiro atoms. The van der Waals surface area contributed by atoms with Gasteiger partial charge in [0.1, 0.15) is 24.6 Å². The van der Waals surface area contributed by atoms with Crippen LogP contribution in [0.3, 0.4) is 0 Å². The lowest BCUT2D eigenvalue weighted by molar-refractivity contribution is -0.133. The minimum Gasteiger partial charge on any atom is -0.484 e. The molecule has 0 unspecified atom stereocenters. The lowest BCUT2D eigenvalue weighted by atomic mass is 9.91. The first-order valence-corrected chi connectivity index (χ1v) is 18.7. The van der Waals surface area contributed by atoms with E-state index in [2.05, 4.69) is 9.88 Å². The summed E-state index contributed by atoms with van der Waals surface area (Å²) in [5, 5.41) is 0. The van der Waals surface area contributed by atoms with Crippen LogP contribution in [0.5, 0.6) is 17.5 Å². The number of amides is 2. The van der Waals surface area contributed by atoms with Gasteiger partial charge in [-0.05, 0) is 61.7 Å². The summed E-state index contributed by atoms with van der Waals surface area (Å²) in [7, 11) is 0. The van der Waals surface area contributed by atoms with Crippen molar-refractivity contribution in [2.24, 2.45) is 0 Å². The highest BCUT2D eigenvalue weighted by atomic mass is 16.6. The number of ether oxygens (including phenoxy) is 4. The first-order valence-electron chi connectivity index (χ1n) is 18.7. The molecule has 5 aromatic rings. The Morgan fingerprint density at radius 3 is 2.04 bits per heavy atom. The zero-order chi connectivity index (χ0) is 38.2. The molecule has 2 fully saturated rings. The van der Waals surface area contributed by atoms with Crippen LogP contribution in [0.2, 0.25) is 0 Å². The fourth-order valence-electron chi connectivity index (χ4n) is 6.61. The number of aromatic nitrogens is 2. The van der Waals surface area contributed by atoms with Crippen molar-refractivity contribution in [2.75, 3.05) is 50.8 Å². The van der Waals surface area contributed by atoms with Crippen LogP contribution in [-0.2, 0) is 22.7 Å². The SMILES string of the molecule is CC(C)(C)OC(=O)N1CC(c2cnccc2N2CCN(C(=O)COc3ccc(-c4ccc(OCc5ccccc5)nc4OCc4ccccc4)cc3)CC2)C1. The van der Waals surface area contributed by atoms with Crippen LogP contribution in [0.4, 0.5) is 10.5 Å². The molecule has 0 bridgehead atoms. The quantitative estimate of drug-likeness (QED) is 0.130. The molecule has 2 aliphatic heterocycles. The van der Waals surface area contributed by atoms with E-state index in [1.807, 2.05) is 135 Å². The molecule has 0 atom stereocenters. The summed E-state index contributed by atoms with van der Waals surface area (Å²) in [5.74, 6) is 1.67. The third kappa shape index (κ3) is 9.72. The average molecular weight is 742 g/mol. The first-order chi connectivity index (χ1) is 26.7. The van der Waals surface area contributed by atoms with Crippen molar-refractivity contribution in [3.8, 4) is 28.6 Å². The van der Waals surface area contributed by atoms with Crippen molar-refractivity contribution >= 4 is 17.7 Å². The first kappa shape index (κ1) is 37.2. The maximum atomic E-state index is 13.2. The van der Waals surface area contributed by atoms with Gasteiger partial charge in [-0.25, -0.2) is 4.79 Å². The molecule has 2 aromatic heterocycles. The summed E-state index contributed by atoms with van der Waals surface area (Å²) >= 11 is 0. The number of carbonyl (C=O) groups excluding carboxylic acids is 2. The number of nitrogens with zero attached hydrogens (tertiary/aromatic N) is 5. The lowest BCUT2D eigenvalue weighted by Gasteiger charge is -2.42. The Hall–Kier alpha value is -6.10. The van der Waals surface area contributed by atoms with Crippen LogP contribution < -0.4 is 19.1 Å². The average Bonchev–Trinajstić information content (AvgIpc) is 3.18. The summed E-state index contributed by atoms with van der Waals surface area (Å²) in [4.78, 5) is 40.7. The minimum atomic E-state index is -0.525. The fourth-order valence-corrected chi connectivity index (χ4v) is 6.61. The summed E-state index contributed by atoms with van der Waals surface area (Å²) in [6.07, 6.45) is 3.41. The van der Waals surface area contributed by atoms with Gasteiger partial charge < -0.3 is 33.6 Å². The van der Waals surface area contributed by atoms with Crippen molar-refractivity contribution < 1.29 is 28.5 Å². The summed E-state index contributed by atoms with van der Waals surface area (Å²) in [6.45, 7) is 10.1. The Morgan fingerprint density at radius 1 is 0.727 bits per heavy atom. The van der Waals surface area contributed by atoms with Crippen molar-refractivity contribution in [3.63, 3.8) is 0 Å². The number of hydrogen-bond donors (Lipinski definition) is 0. The molecule has 7 rings (SSSR count). The van der Waals surface area contributed by atoms with E-state index in [0.717, 1.165) is 33.5 Å². The fraction of sp³-hybridized carbons (Fsp3) is 0.318. The molecule has 0 radical (unpaired) electrons. The van der Waals surface area contributed by atoms with Crippen LogP contribution in [0.15, 0.2) is 116 Å². The number of piperazine rings is 1. The molecule has 4 heterocycles. The number of pyridine rings is 2. The Bertz CT molecular complexity index is 2040. The van der Waals surface area contributed by atoms with E-state index in [4.69, 9.17) is 23.9 Å². The second kappa shape index (κ2) is 16.9. The summed E-state index contributed by atoms with van der Waals surface area (Å²) in [6, 6.07) is 33.3. The Labute approximate surface area is 322 Å². The number of hydrogen-bond acceptors (Lipinski definition) is 9. The van der Waals surface area contributed by atoms with Crippen LogP contribution in [0, 0.1) is 0 Å². The molecule has 2 aliphatic rings. The maximum absolute atomic E-state index is 13.2. The lowest BCUT2D eigenvalue weighted by Crippen LogP contribution is -2.52. The van der Waals surface area contributed by atoms with E-state index in [-0.39, 0.29) is 24.5 Å². The monoisotopic (exact) mass is 741 g/mol. The Kier molecular flexibility index (Phi) is 11.5.